The zero-order chi connectivity index (χ0) is 23.5. The second-order valence-corrected chi connectivity index (χ2v) is 8.31. The maximum absolute atomic E-state index is 12.6. The van der Waals surface area contributed by atoms with Gasteiger partial charge in [0, 0.05) is 0 Å². The van der Waals surface area contributed by atoms with Crippen molar-refractivity contribution in [2.45, 2.75) is 32.4 Å². The van der Waals surface area contributed by atoms with E-state index in [9.17, 15) is 14.7 Å². The summed E-state index contributed by atoms with van der Waals surface area (Å²) in [5.74, 6) is -0.691. The first-order valence-corrected chi connectivity index (χ1v) is 10.8. The van der Waals surface area contributed by atoms with Gasteiger partial charge in [-0.3, -0.25) is 4.90 Å². The fourth-order valence-electron chi connectivity index (χ4n) is 3.82. The van der Waals surface area contributed by atoms with E-state index >= 15 is 0 Å². The van der Waals surface area contributed by atoms with E-state index < -0.39 is 12.1 Å². The first-order valence-electron chi connectivity index (χ1n) is 10.5. The van der Waals surface area contributed by atoms with Crippen molar-refractivity contribution in [3.05, 3.63) is 82.3 Å². The number of benzene rings is 1. The van der Waals surface area contributed by atoms with Gasteiger partial charge in [-0.2, -0.15) is 0 Å². The van der Waals surface area contributed by atoms with E-state index in [0.717, 1.165) is 11.1 Å². The maximum Gasteiger partial charge on any atom is 0.415 e. The van der Waals surface area contributed by atoms with Crippen LogP contribution in [0.5, 0.6) is 0 Å². The zero-order valence-electron chi connectivity index (χ0n) is 18.2. The second kappa shape index (κ2) is 9.46. The molecule has 1 unspecified atom stereocenters. The summed E-state index contributed by atoms with van der Waals surface area (Å²) in [6, 6.07) is 16.2. The van der Waals surface area contributed by atoms with Crippen molar-refractivity contribution in [1.29, 1.82) is 0 Å². The Labute approximate surface area is 196 Å². The summed E-state index contributed by atoms with van der Waals surface area (Å²) >= 11 is 5.85. The lowest BCUT2D eigenvalue weighted by atomic mass is 10.1. The highest BCUT2D eigenvalue weighted by molar-refractivity contribution is 6.29. The van der Waals surface area contributed by atoms with E-state index in [1.54, 1.807) is 11.0 Å². The summed E-state index contributed by atoms with van der Waals surface area (Å²) < 4.78 is 5.34. The Morgan fingerprint density at radius 3 is 2.73 bits per heavy atom. The molecule has 1 fully saturated rings. The van der Waals surface area contributed by atoms with Crippen molar-refractivity contribution in [3.8, 4) is 0 Å². The second-order valence-electron chi connectivity index (χ2n) is 7.92. The van der Waals surface area contributed by atoms with E-state index in [1.165, 1.54) is 6.07 Å². The van der Waals surface area contributed by atoms with Gasteiger partial charge >= 0.3 is 12.1 Å². The highest BCUT2D eigenvalue weighted by atomic mass is 35.5. The van der Waals surface area contributed by atoms with Crippen LogP contribution >= 0.6 is 11.6 Å². The predicted molar refractivity (Wildman–Crippen MR) is 125 cm³/mol. The first-order chi connectivity index (χ1) is 15.8. The summed E-state index contributed by atoms with van der Waals surface area (Å²) in [5, 5.41) is 12.7. The van der Waals surface area contributed by atoms with Crippen LogP contribution in [0, 0.1) is 6.92 Å². The summed E-state index contributed by atoms with van der Waals surface area (Å²) in [6.07, 6.45) is 0.208. The number of hydrogen-bond acceptors (Lipinski definition) is 6. The van der Waals surface area contributed by atoms with Crippen molar-refractivity contribution in [1.82, 2.24) is 9.97 Å². The summed E-state index contributed by atoms with van der Waals surface area (Å²) in [4.78, 5) is 34.3. The average Bonchev–Trinajstić information content (AvgIpc) is 3.14. The van der Waals surface area contributed by atoms with Crippen LogP contribution in [0.15, 0.2) is 54.6 Å². The minimum atomic E-state index is -1.19. The highest BCUT2D eigenvalue weighted by Gasteiger charge is 2.35. The van der Waals surface area contributed by atoms with Gasteiger partial charge in [-0.25, -0.2) is 19.6 Å². The van der Waals surface area contributed by atoms with Gasteiger partial charge in [-0.1, -0.05) is 41.9 Å². The maximum atomic E-state index is 12.6. The number of nitrogens with one attached hydrogen (secondary N) is 1. The Bertz CT molecular complexity index is 1190. The molecule has 2 aromatic heterocycles. The molecule has 2 atom stereocenters. The van der Waals surface area contributed by atoms with Crippen LogP contribution in [-0.4, -0.2) is 39.8 Å². The number of carbonyl (C=O) groups is 2. The summed E-state index contributed by atoms with van der Waals surface area (Å²) in [7, 11) is 0. The molecular formula is C24H23ClN4O4. The number of aromatic carboxylic acids is 1. The molecule has 9 heteroatoms. The number of pyridine rings is 2. The number of anilines is 2. The number of aryl methyl sites for hydroxylation is 1. The molecule has 1 amide bonds. The number of ether oxygens (including phenoxy) is 1. The van der Waals surface area contributed by atoms with Crippen molar-refractivity contribution in [2.24, 2.45) is 0 Å². The molecule has 0 spiro atoms. The number of aromatic nitrogens is 2. The normalized spacial score (nSPS) is 16.4. The lowest BCUT2D eigenvalue weighted by molar-refractivity contribution is 0.0691. The van der Waals surface area contributed by atoms with Crippen LogP contribution in [0.25, 0.3) is 0 Å². The SMILES string of the molecule is Cc1cc(C(C)Nc2ccc(Cl)nc2C(=O)O)nc(N2C(=O)OC[C@@H]2Cc2ccccc2)c1. The van der Waals surface area contributed by atoms with Crippen LogP contribution in [0.2, 0.25) is 5.15 Å². The monoisotopic (exact) mass is 466 g/mol. The van der Waals surface area contributed by atoms with Crippen LogP contribution in [0.3, 0.4) is 0 Å². The molecule has 8 nitrogen and oxygen atoms in total. The third kappa shape index (κ3) is 5.06. The summed E-state index contributed by atoms with van der Waals surface area (Å²) in [5.41, 5.74) is 2.81. The molecule has 1 aliphatic heterocycles. The van der Waals surface area contributed by atoms with Gasteiger partial charge in [0.2, 0.25) is 0 Å². The molecule has 33 heavy (non-hydrogen) atoms. The molecule has 170 valence electrons. The average molecular weight is 467 g/mol. The van der Waals surface area contributed by atoms with Gasteiger partial charge in [-0.05, 0) is 55.7 Å². The molecule has 1 aliphatic rings. The Balaban J connectivity index is 1.61. The van der Waals surface area contributed by atoms with Crippen molar-refractivity contribution in [2.75, 3.05) is 16.8 Å². The largest absolute Gasteiger partial charge is 0.476 e. The smallest absolute Gasteiger partial charge is 0.415 e. The Morgan fingerprint density at radius 2 is 2.00 bits per heavy atom. The Hall–Kier alpha value is -3.65. The molecule has 3 heterocycles. The number of nitrogens with zero attached hydrogens (tertiary/aromatic N) is 3. The van der Waals surface area contributed by atoms with E-state index in [2.05, 4.69) is 10.3 Å². The van der Waals surface area contributed by atoms with Crippen LogP contribution in [-0.2, 0) is 11.2 Å². The first kappa shape index (κ1) is 22.5. The number of cyclic esters (lactones) is 1. The van der Waals surface area contributed by atoms with Gasteiger partial charge in [0.1, 0.15) is 17.6 Å². The fraction of sp³-hybridized carbons (Fsp3) is 0.250. The quantitative estimate of drug-likeness (QED) is 0.478. The fourth-order valence-corrected chi connectivity index (χ4v) is 3.97. The van der Waals surface area contributed by atoms with Crippen molar-refractivity contribution < 1.29 is 19.4 Å². The van der Waals surface area contributed by atoms with Crippen LogP contribution in [0.1, 0.15) is 40.3 Å². The zero-order valence-corrected chi connectivity index (χ0v) is 18.9. The highest BCUT2D eigenvalue weighted by Crippen LogP contribution is 2.28. The molecular weight excluding hydrogens is 444 g/mol. The number of carboxylic acid groups (broad SMARTS) is 1. The number of halogens is 1. The Morgan fingerprint density at radius 1 is 1.24 bits per heavy atom. The molecule has 3 aromatic rings. The number of rotatable bonds is 7. The lowest BCUT2D eigenvalue weighted by Crippen LogP contribution is -2.36. The van der Waals surface area contributed by atoms with Gasteiger partial charge in [0.05, 0.1) is 23.5 Å². The molecule has 2 N–H and O–H groups in total. The lowest BCUT2D eigenvalue weighted by Gasteiger charge is -2.23. The van der Waals surface area contributed by atoms with Crippen molar-refractivity contribution in [3.63, 3.8) is 0 Å². The van der Waals surface area contributed by atoms with Gasteiger partial charge in [0.15, 0.2) is 5.69 Å². The van der Waals surface area contributed by atoms with Crippen molar-refractivity contribution >= 4 is 35.2 Å². The predicted octanol–water partition coefficient (Wildman–Crippen LogP) is 4.88. The van der Waals surface area contributed by atoms with Crippen LogP contribution < -0.4 is 10.2 Å². The van der Waals surface area contributed by atoms with Gasteiger partial charge < -0.3 is 15.2 Å². The van der Waals surface area contributed by atoms with E-state index in [1.807, 2.05) is 56.3 Å². The minimum absolute atomic E-state index is 0.0959. The molecule has 0 bridgehead atoms. The molecule has 4 rings (SSSR count). The third-order valence-electron chi connectivity index (χ3n) is 5.38. The van der Waals surface area contributed by atoms with E-state index in [4.69, 9.17) is 21.3 Å². The molecule has 0 radical (unpaired) electrons. The molecule has 1 saturated heterocycles. The molecule has 0 saturated carbocycles. The molecule has 1 aromatic carbocycles. The third-order valence-corrected chi connectivity index (χ3v) is 5.59. The number of carboxylic acids is 1. The van der Waals surface area contributed by atoms with Gasteiger partial charge in [-0.15, -0.1) is 0 Å². The van der Waals surface area contributed by atoms with Gasteiger partial charge in [0.25, 0.3) is 0 Å². The van der Waals surface area contributed by atoms with E-state index in [-0.39, 0.29) is 29.5 Å². The van der Waals surface area contributed by atoms with Crippen LogP contribution in [0.4, 0.5) is 16.3 Å². The standard InChI is InChI=1S/C24H23ClN4O4/c1-14-10-19(15(2)26-18-8-9-20(25)28-22(18)23(30)31)27-21(11-14)29-17(13-33-24(29)32)12-16-6-4-3-5-7-16/h3-11,15,17,26H,12-13H2,1-2H3,(H,30,31)/t15?,17-/m0/s1. The Kier molecular flexibility index (Phi) is 6.46. The number of hydrogen-bond donors (Lipinski definition) is 2. The molecule has 0 aliphatic carbocycles. The number of amides is 1. The topological polar surface area (TPSA) is 105 Å². The minimum Gasteiger partial charge on any atom is -0.476 e. The number of carbonyl (C=O) groups excluding carboxylic acids is 1. The van der Waals surface area contributed by atoms with E-state index in [0.29, 0.717) is 23.6 Å². The summed E-state index contributed by atoms with van der Waals surface area (Å²) in [6.45, 7) is 4.06.